The molecule has 35 heavy (non-hydrogen) atoms. The number of nitrogens with one attached hydrogen (secondary N) is 1. The lowest BCUT2D eigenvalue weighted by Gasteiger charge is -2.34. The predicted octanol–water partition coefficient (Wildman–Crippen LogP) is 4.28. The van der Waals surface area contributed by atoms with Crippen LogP contribution < -0.4 is 10.2 Å². The van der Waals surface area contributed by atoms with Crippen LogP contribution in [0.25, 0.3) is 0 Å². The molecule has 0 saturated carbocycles. The Labute approximate surface area is 211 Å². The van der Waals surface area contributed by atoms with Crippen molar-refractivity contribution in [1.82, 2.24) is 19.2 Å². The highest BCUT2D eigenvalue weighted by Gasteiger charge is 2.30. The van der Waals surface area contributed by atoms with Gasteiger partial charge in [-0.15, -0.1) is 0 Å². The van der Waals surface area contributed by atoms with E-state index < -0.39 is 10.0 Å². The van der Waals surface area contributed by atoms with E-state index in [0.29, 0.717) is 5.95 Å². The first-order valence-electron chi connectivity index (χ1n) is 11.7. The molecule has 0 amide bonds. The zero-order valence-corrected chi connectivity index (χ0v) is 21.4. The fraction of sp³-hybridized carbons (Fsp3) is 0.360. The summed E-state index contributed by atoms with van der Waals surface area (Å²) in [4.78, 5) is 13.7. The summed E-state index contributed by atoms with van der Waals surface area (Å²) in [7, 11) is 0.192. The maximum atomic E-state index is 13.1. The molecule has 0 atom stereocenters. The minimum absolute atomic E-state index is 0.0249. The monoisotopic (exact) mass is 512 g/mol. The number of piperidine rings is 1. The fourth-order valence-electron chi connectivity index (χ4n) is 4.73. The first kappa shape index (κ1) is 24.0. The summed E-state index contributed by atoms with van der Waals surface area (Å²) in [6.45, 7) is 2.63. The van der Waals surface area contributed by atoms with E-state index in [4.69, 9.17) is 11.6 Å². The van der Waals surface area contributed by atoms with Crippen molar-refractivity contribution in [3.8, 4) is 0 Å². The zero-order valence-electron chi connectivity index (χ0n) is 19.9. The molecule has 2 aromatic carbocycles. The van der Waals surface area contributed by atoms with Gasteiger partial charge in [-0.3, -0.25) is 0 Å². The SMILES string of the molecule is CN1CCC(N(C)S(=O)(=O)c2ccc(Nc3nccc(N4CCc5cc(Cl)ccc54)n3)cc2)CC1. The molecule has 1 N–H and O–H groups in total. The van der Waals surface area contributed by atoms with E-state index in [1.807, 2.05) is 24.3 Å². The molecule has 0 spiro atoms. The minimum Gasteiger partial charge on any atom is -0.326 e. The zero-order chi connectivity index (χ0) is 24.6. The molecule has 0 radical (unpaired) electrons. The highest BCUT2D eigenvalue weighted by atomic mass is 35.5. The number of nitrogens with zero attached hydrogens (tertiary/aromatic N) is 5. The predicted molar refractivity (Wildman–Crippen MR) is 139 cm³/mol. The first-order valence-corrected chi connectivity index (χ1v) is 13.6. The molecule has 184 valence electrons. The molecule has 5 rings (SSSR count). The molecule has 0 aliphatic carbocycles. The van der Waals surface area contributed by atoms with Gasteiger partial charge in [0.05, 0.1) is 4.90 Å². The highest BCUT2D eigenvalue weighted by Crippen LogP contribution is 2.35. The first-order chi connectivity index (χ1) is 16.8. The van der Waals surface area contributed by atoms with Crippen LogP contribution in [0.2, 0.25) is 5.02 Å². The molecule has 0 unspecified atom stereocenters. The van der Waals surface area contributed by atoms with Gasteiger partial charge in [0.15, 0.2) is 0 Å². The van der Waals surface area contributed by atoms with Gasteiger partial charge in [-0.05, 0) is 93.5 Å². The lowest BCUT2D eigenvalue weighted by atomic mass is 10.1. The van der Waals surface area contributed by atoms with Gasteiger partial charge in [-0.1, -0.05) is 11.6 Å². The lowest BCUT2D eigenvalue weighted by Crippen LogP contribution is -2.44. The van der Waals surface area contributed by atoms with E-state index in [1.54, 1.807) is 37.5 Å². The van der Waals surface area contributed by atoms with E-state index in [2.05, 4.69) is 32.1 Å². The summed E-state index contributed by atoms with van der Waals surface area (Å²) in [6, 6.07) is 14.6. The van der Waals surface area contributed by atoms with E-state index in [1.165, 1.54) is 9.87 Å². The minimum atomic E-state index is -3.56. The normalized spacial score (nSPS) is 17.1. The quantitative estimate of drug-likeness (QED) is 0.527. The standard InChI is InChI=1S/C25H29ClN6O2S/c1-30-14-11-21(12-15-30)31(2)35(33,34)22-6-4-20(5-7-22)28-25-27-13-9-24(29-25)32-16-10-18-17-19(26)3-8-23(18)32/h3-9,13,17,21H,10-12,14-16H2,1-2H3,(H,27,28,29). The molecule has 1 fully saturated rings. The lowest BCUT2D eigenvalue weighted by molar-refractivity contribution is 0.197. The van der Waals surface area contributed by atoms with Gasteiger partial charge >= 0.3 is 0 Å². The Hall–Kier alpha value is -2.72. The number of rotatable bonds is 6. The number of likely N-dealkylation sites (tertiary alicyclic amines) is 1. The largest absolute Gasteiger partial charge is 0.326 e. The molecule has 3 aromatic rings. The number of benzene rings is 2. The topological polar surface area (TPSA) is 81.7 Å². The molecule has 10 heteroatoms. The highest BCUT2D eigenvalue weighted by molar-refractivity contribution is 7.89. The maximum Gasteiger partial charge on any atom is 0.243 e. The molecule has 2 aliphatic heterocycles. The summed E-state index contributed by atoms with van der Waals surface area (Å²) < 4.78 is 27.8. The summed E-state index contributed by atoms with van der Waals surface area (Å²) in [6.07, 6.45) is 4.31. The van der Waals surface area contributed by atoms with Crippen molar-refractivity contribution in [3.05, 3.63) is 65.3 Å². The number of sulfonamides is 1. The molecule has 1 aromatic heterocycles. The number of anilines is 4. The number of fused-ring (bicyclic) bond motifs is 1. The molecule has 1 saturated heterocycles. The Morgan fingerprint density at radius 1 is 1.06 bits per heavy atom. The van der Waals surface area contributed by atoms with E-state index in [9.17, 15) is 8.42 Å². The molecule has 3 heterocycles. The fourth-order valence-corrected chi connectivity index (χ4v) is 6.34. The average Bonchev–Trinajstić information content (AvgIpc) is 3.27. The van der Waals surface area contributed by atoms with Crippen molar-refractivity contribution >= 4 is 44.8 Å². The second-order valence-corrected chi connectivity index (χ2v) is 11.6. The molecule has 8 nitrogen and oxygen atoms in total. The second kappa shape index (κ2) is 9.73. The van der Waals surface area contributed by atoms with Gasteiger partial charge in [0, 0.05) is 42.2 Å². The molecule has 0 bridgehead atoms. The second-order valence-electron chi connectivity index (χ2n) is 9.12. The third-order valence-electron chi connectivity index (χ3n) is 6.84. The van der Waals surface area contributed by atoms with Gasteiger partial charge in [0.1, 0.15) is 5.82 Å². The molecular formula is C25H29ClN6O2S. The summed E-state index contributed by atoms with van der Waals surface area (Å²) in [5.74, 6) is 1.24. The molecule has 2 aliphatic rings. The van der Waals surface area contributed by atoms with Crippen LogP contribution in [0.3, 0.4) is 0 Å². The summed E-state index contributed by atoms with van der Waals surface area (Å²) >= 11 is 6.14. The van der Waals surface area contributed by atoms with Crippen LogP contribution in [-0.2, 0) is 16.4 Å². The van der Waals surface area contributed by atoms with Gasteiger partial charge in [-0.25, -0.2) is 13.4 Å². The average molecular weight is 513 g/mol. The van der Waals surface area contributed by atoms with Crippen LogP contribution in [0, 0.1) is 0 Å². The van der Waals surface area contributed by atoms with E-state index in [0.717, 1.165) is 61.1 Å². The Balaban J connectivity index is 1.29. The van der Waals surface area contributed by atoms with Gasteiger partial charge in [0.2, 0.25) is 16.0 Å². The van der Waals surface area contributed by atoms with E-state index in [-0.39, 0.29) is 10.9 Å². The van der Waals surface area contributed by atoms with Crippen molar-refractivity contribution in [1.29, 1.82) is 0 Å². The third-order valence-corrected chi connectivity index (χ3v) is 9.00. The van der Waals surface area contributed by atoms with Crippen LogP contribution in [-0.4, -0.2) is 67.4 Å². The van der Waals surface area contributed by atoms with E-state index >= 15 is 0 Å². The van der Waals surface area contributed by atoms with Crippen molar-refractivity contribution in [2.24, 2.45) is 0 Å². The summed E-state index contributed by atoms with van der Waals surface area (Å²) in [5.41, 5.74) is 3.02. The van der Waals surface area contributed by atoms with Crippen molar-refractivity contribution in [3.63, 3.8) is 0 Å². The van der Waals surface area contributed by atoms with Gasteiger partial charge in [-0.2, -0.15) is 9.29 Å². The molecular weight excluding hydrogens is 484 g/mol. The van der Waals surface area contributed by atoms with Gasteiger partial charge < -0.3 is 15.1 Å². The van der Waals surface area contributed by atoms with Crippen LogP contribution in [0.15, 0.2) is 59.6 Å². The Morgan fingerprint density at radius 2 is 1.80 bits per heavy atom. The number of halogens is 1. The number of aromatic nitrogens is 2. The van der Waals surface area contributed by atoms with Crippen LogP contribution in [0.5, 0.6) is 0 Å². The number of hydrogen-bond acceptors (Lipinski definition) is 7. The Morgan fingerprint density at radius 3 is 2.54 bits per heavy atom. The smallest absolute Gasteiger partial charge is 0.243 e. The van der Waals surface area contributed by atoms with Gasteiger partial charge in [0.25, 0.3) is 0 Å². The van der Waals surface area contributed by atoms with Crippen LogP contribution >= 0.6 is 11.6 Å². The number of hydrogen-bond donors (Lipinski definition) is 1. The van der Waals surface area contributed by atoms with Crippen LogP contribution in [0.1, 0.15) is 18.4 Å². The summed E-state index contributed by atoms with van der Waals surface area (Å²) in [5, 5.41) is 3.93. The maximum absolute atomic E-state index is 13.1. The van der Waals surface area contributed by atoms with Crippen LogP contribution in [0.4, 0.5) is 23.1 Å². The Kier molecular flexibility index (Phi) is 6.67. The third kappa shape index (κ3) is 4.99. The Bertz CT molecular complexity index is 1310. The van der Waals surface area contributed by atoms with Crippen molar-refractivity contribution < 1.29 is 8.42 Å². The van der Waals surface area contributed by atoms with Crippen molar-refractivity contribution in [2.75, 3.05) is 43.9 Å². The van der Waals surface area contributed by atoms with Crippen molar-refractivity contribution in [2.45, 2.75) is 30.2 Å².